The van der Waals surface area contributed by atoms with Gasteiger partial charge in [-0.1, -0.05) is 30.3 Å². The maximum Gasteiger partial charge on any atom is 0.0799 e. The number of aliphatic hydroxyl groups is 1. The Hall–Kier alpha value is -0.610. The van der Waals surface area contributed by atoms with Crippen molar-refractivity contribution in [1.82, 2.24) is 10.2 Å². The standard InChI is InChI=1S/C18H29ClN2O/c1-18(2,20-12-17(22)11-19)16-9-6-10-21(14-16)13-15-7-4-3-5-8-15/h3-5,7-8,16-17,20,22H,6,9-14H2,1-2H3. The number of alkyl halides is 1. The van der Waals surface area contributed by atoms with Crippen LogP contribution in [0.5, 0.6) is 0 Å². The summed E-state index contributed by atoms with van der Waals surface area (Å²) >= 11 is 5.68. The first kappa shape index (κ1) is 17.7. The van der Waals surface area contributed by atoms with Crippen LogP contribution in [-0.4, -0.2) is 47.2 Å². The zero-order valence-electron chi connectivity index (χ0n) is 13.8. The van der Waals surface area contributed by atoms with E-state index in [0.717, 1.165) is 13.1 Å². The molecular weight excluding hydrogens is 296 g/mol. The summed E-state index contributed by atoms with van der Waals surface area (Å²) in [4.78, 5) is 2.55. The number of nitrogens with one attached hydrogen (secondary N) is 1. The van der Waals surface area contributed by atoms with Gasteiger partial charge in [0.1, 0.15) is 0 Å². The van der Waals surface area contributed by atoms with Crippen molar-refractivity contribution in [2.45, 2.75) is 44.9 Å². The summed E-state index contributed by atoms with van der Waals surface area (Å²) in [6, 6.07) is 10.7. The predicted molar refractivity (Wildman–Crippen MR) is 93.3 cm³/mol. The molecule has 2 N–H and O–H groups in total. The van der Waals surface area contributed by atoms with Crippen LogP contribution in [0.25, 0.3) is 0 Å². The van der Waals surface area contributed by atoms with E-state index in [4.69, 9.17) is 11.6 Å². The zero-order valence-corrected chi connectivity index (χ0v) is 14.5. The highest BCUT2D eigenvalue weighted by molar-refractivity contribution is 6.18. The molecule has 0 amide bonds. The van der Waals surface area contributed by atoms with Crippen LogP contribution in [0, 0.1) is 5.92 Å². The Morgan fingerprint density at radius 3 is 2.77 bits per heavy atom. The molecule has 2 unspecified atom stereocenters. The summed E-state index contributed by atoms with van der Waals surface area (Å²) < 4.78 is 0. The molecule has 0 saturated carbocycles. The van der Waals surface area contributed by atoms with E-state index in [1.807, 2.05) is 0 Å². The van der Waals surface area contributed by atoms with Gasteiger partial charge in [-0.05, 0) is 44.7 Å². The van der Waals surface area contributed by atoms with Crippen LogP contribution in [0.4, 0.5) is 0 Å². The van der Waals surface area contributed by atoms with Crippen molar-refractivity contribution in [3.8, 4) is 0 Å². The Labute approximate surface area is 139 Å². The van der Waals surface area contributed by atoms with Crippen molar-refractivity contribution in [3.63, 3.8) is 0 Å². The number of hydrogen-bond donors (Lipinski definition) is 2. The monoisotopic (exact) mass is 324 g/mol. The fourth-order valence-corrected chi connectivity index (χ4v) is 3.32. The smallest absolute Gasteiger partial charge is 0.0799 e. The van der Waals surface area contributed by atoms with Gasteiger partial charge in [-0.2, -0.15) is 0 Å². The van der Waals surface area contributed by atoms with Crippen LogP contribution in [0.1, 0.15) is 32.3 Å². The van der Waals surface area contributed by atoms with Gasteiger partial charge >= 0.3 is 0 Å². The van der Waals surface area contributed by atoms with Crippen LogP contribution < -0.4 is 5.32 Å². The number of hydrogen-bond acceptors (Lipinski definition) is 3. The molecule has 1 aliphatic rings. The molecule has 0 bridgehead atoms. The summed E-state index contributed by atoms with van der Waals surface area (Å²) in [5, 5.41) is 13.2. The second-order valence-electron chi connectivity index (χ2n) is 6.97. The number of halogens is 1. The molecule has 3 nitrogen and oxygen atoms in total. The second kappa shape index (κ2) is 8.30. The fourth-order valence-electron chi connectivity index (χ4n) is 3.21. The molecule has 1 saturated heterocycles. The van der Waals surface area contributed by atoms with Gasteiger partial charge in [-0.15, -0.1) is 11.6 Å². The molecule has 2 rings (SSSR count). The lowest BCUT2D eigenvalue weighted by Crippen LogP contribution is -2.54. The third kappa shape index (κ3) is 5.24. The fraction of sp³-hybridized carbons (Fsp3) is 0.667. The number of benzene rings is 1. The quantitative estimate of drug-likeness (QED) is 0.757. The first-order valence-electron chi connectivity index (χ1n) is 8.26. The Morgan fingerprint density at radius 2 is 2.09 bits per heavy atom. The molecule has 0 spiro atoms. The van der Waals surface area contributed by atoms with Gasteiger partial charge in [0.15, 0.2) is 0 Å². The van der Waals surface area contributed by atoms with E-state index in [1.165, 1.54) is 24.9 Å². The predicted octanol–water partition coefficient (Wildman–Crippen LogP) is 2.87. The molecule has 1 aliphatic heterocycles. The molecule has 0 aliphatic carbocycles. The van der Waals surface area contributed by atoms with E-state index in [9.17, 15) is 5.11 Å². The summed E-state index contributed by atoms with van der Waals surface area (Å²) in [5.41, 5.74) is 1.40. The Bertz CT molecular complexity index is 438. The van der Waals surface area contributed by atoms with Crippen molar-refractivity contribution in [1.29, 1.82) is 0 Å². The normalized spacial score (nSPS) is 21.7. The highest BCUT2D eigenvalue weighted by atomic mass is 35.5. The molecule has 1 aromatic carbocycles. The lowest BCUT2D eigenvalue weighted by molar-refractivity contribution is 0.0951. The van der Waals surface area contributed by atoms with Crippen molar-refractivity contribution in [3.05, 3.63) is 35.9 Å². The van der Waals surface area contributed by atoms with Crippen molar-refractivity contribution >= 4 is 11.6 Å². The molecule has 124 valence electrons. The van der Waals surface area contributed by atoms with Crippen LogP contribution in [-0.2, 0) is 6.54 Å². The van der Waals surface area contributed by atoms with Crippen molar-refractivity contribution < 1.29 is 5.11 Å². The minimum Gasteiger partial charge on any atom is -0.391 e. The Morgan fingerprint density at radius 1 is 1.36 bits per heavy atom. The van der Waals surface area contributed by atoms with Crippen LogP contribution >= 0.6 is 11.6 Å². The number of β-amino-alcohol motifs (C(OH)–C–C–N with tert-alkyl or cyclic N) is 1. The number of likely N-dealkylation sites (tertiary alicyclic amines) is 1. The topological polar surface area (TPSA) is 35.5 Å². The molecule has 2 atom stereocenters. The second-order valence-corrected chi connectivity index (χ2v) is 7.28. The summed E-state index contributed by atoms with van der Waals surface area (Å²) in [6.07, 6.45) is 2.01. The minimum atomic E-state index is -0.468. The lowest BCUT2D eigenvalue weighted by Gasteiger charge is -2.42. The van der Waals surface area contributed by atoms with Gasteiger partial charge in [0.25, 0.3) is 0 Å². The van der Waals surface area contributed by atoms with E-state index < -0.39 is 6.10 Å². The van der Waals surface area contributed by atoms with Crippen LogP contribution in [0.15, 0.2) is 30.3 Å². The van der Waals surface area contributed by atoms with Crippen LogP contribution in [0.2, 0.25) is 0 Å². The molecule has 1 aromatic rings. The Kier molecular flexibility index (Phi) is 6.69. The highest BCUT2D eigenvalue weighted by Crippen LogP contribution is 2.28. The average Bonchev–Trinajstić information content (AvgIpc) is 2.54. The van der Waals surface area contributed by atoms with Crippen LogP contribution in [0.3, 0.4) is 0 Å². The van der Waals surface area contributed by atoms with E-state index in [1.54, 1.807) is 0 Å². The molecular formula is C18H29ClN2O. The van der Waals surface area contributed by atoms with Crippen molar-refractivity contribution in [2.24, 2.45) is 5.92 Å². The molecule has 0 radical (unpaired) electrons. The van der Waals surface area contributed by atoms with Gasteiger partial charge in [0.05, 0.1) is 6.10 Å². The zero-order chi connectivity index (χ0) is 16.0. The molecule has 0 aromatic heterocycles. The van der Waals surface area contributed by atoms with E-state index in [-0.39, 0.29) is 11.4 Å². The Balaban J connectivity index is 1.89. The highest BCUT2D eigenvalue weighted by Gasteiger charge is 2.33. The van der Waals surface area contributed by atoms with Gasteiger partial charge < -0.3 is 10.4 Å². The molecule has 1 heterocycles. The van der Waals surface area contributed by atoms with Gasteiger partial charge in [0, 0.05) is 31.1 Å². The maximum absolute atomic E-state index is 9.66. The summed E-state index contributed by atoms with van der Waals surface area (Å²) in [7, 11) is 0. The van der Waals surface area contributed by atoms with Crippen molar-refractivity contribution in [2.75, 3.05) is 25.5 Å². The van der Waals surface area contributed by atoms with E-state index in [0.29, 0.717) is 12.5 Å². The number of rotatable bonds is 7. The number of aliphatic hydroxyl groups excluding tert-OH is 1. The SMILES string of the molecule is CC(C)(NCC(O)CCl)C1CCCN(Cc2ccccc2)C1. The van der Waals surface area contributed by atoms with Gasteiger partial charge in [-0.3, -0.25) is 4.90 Å². The van der Waals surface area contributed by atoms with Gasteiger partial charge in [0.2, 0.25) is 0 Å². The summed E-state index contributed by atoms with van der Waals surface area (Å²) in [5.74, 6) is 0.876. The first-order chi connectivity index (χ1) is 10.5. The molecule has 4 heteroatoms. The molecule has 22 heavy (non-hydrogen) atoms. The van der Waals surface area contributed by atoms with E-state index in [2.05, 4.69) is 54.4 Å². The van der Waals surface area contributed by atoms with E-state index >= 15 is 0 Å². The van der Waals surface area contributed by atoms with Gasteiger partial charge in [-0.25, -0.2) is 0 Å². The third-order valence-electron chi connectivity index (χ3n) is 4.75. The minimum absolute atomic E-state index is 0.0163. The lowest BCUT2D eigenvalue weighted by atomic mass is 9.81. The maximum atomic E-state index is 9.66. The largest absolute Gasteiger partial charge is 0.391 e. The third-order valence-corrected chi connectivity index (χ3v) is 5.10. The number of nitrogens with zero attached hydrogens (tertiary/aromatic N) is 1. The first-order valence-corrected chi connectivity index (χ1v) is 8.80. The average molecular weight is 325 g/mol. The summed E-state index contributed by atoms with van der Waals surface area (Å²) in [6.45, 7) is 8.34. The molecule has 1 fully saturated rings. The number of piperidine rings is 1.